The van der Waals surface area contributed by atoms with E-state index in [0.29, 0.717) is 0 Å². The number of nitrogens with zero attached hydrogens (tertiary/aromatic N) is 1. The number of halogens is 1. The highest BCUT2D eigenvalue weighted by Crippen LogP contribution is 2.43. The number of benzene rings is 1. The Morgan fingerprint density at radius 2 is 2.25 bits per heavy atom. The van der Waals surface area contributed by atoms with Gasteiger partial charge in [0.2, 0.25) is 0 Å². The maximum absolute atomic E-state index is 13.4. The van der Waals surface area contributed by atoms with Crippen LogP contribution in [0.2, 0.25) is 0 Å². The molecular weight excluding hydrogens is 271 g/mol. The SMILES string of the molecule is CCc1nc(C2(NC)CCc3cc(F)ccc32)sc1C. The van der Waals surface area contributed by atoms with Crippen molar-refractivity contribution in [1.29, 1.82) is 0 Å². The summed E-state index contributed by atoms with van der Waals surface area (Å²) in [6.45, 7) is 4.26. The van der Waals surface area contributed by atoms with E-state index in [2.05, 4.69) is 19.2 Å². The van der Waals surface area contributed by atoms with Crippen LogP contribution in [0.5, 0.6) is 0 Å². The third kappa shape index (κ3) is 1.90. The van der Waals surface area contributed by atoms with Crippen molar-refractivity contribution in [3.63, 3.8) is 0 Å². The lowest BCUT2D eigenvalue weighted by Gasteiger charge is -2.28. The maximum atomic E-state index is 13.4. The fourth-order valence-electron chi connectivity index (χ4n) is 3.17. The Kier molecular flexibility index (Phi) is 3.38. The van der Waals surface area contributed by atoms with E-state index in [1.165, 1.54) is 16.1 Å². The Hall–Kier alpha value is -1.26. The molecule has 1 aromatic carbocycles. The quantitative estimate of drug-likeness (QED) is 0.935. The standard InChI is InChI=1S/C16H19FN2S/c1-4-14-10(2)20-15(19-14)16(18-3)8-7-11-9-12(17)5-6-13(11)16/h5-6,9,18H,4,7-8H2,1-3H3. The normalized spacial score (nSPS) is 21.2. The van der Waals surface area contributed by atoms with Crippen LogP contribution in [0.4, 0.5) is 4.39 Å². The van der Waals surface area contributed by atoms with Crippen LogP contribution in [0.25, 0.3) is 0 Å². The van der Waals surface area contributed by atoms with Crippen LogP contribution in [0.1, 0.15) is 40.1 Å². The zero-order valence-electron chi connectivity index (χ0n) is 12.1. The van der Waals surface area contributed by atoms with Gasteiger partial charge < -0.3 is 5.32 Å². The topological polar surface area (TPSA) is 24.9 Å². The van der Waals surface area contributed by atoms with Gasteiger partial charge in [-0.05, 0) is 56.5 Å². The summed E-state index contributed by atoms with van der Waals surface area (Å²) in [6.07, 6.45) is 2.80. The van der Waals surface area contributed by atoms with E-state index in [1.807, 2.05) is 13.1 Å². The number of hydrogen-bond donors (Lipinski definition) is 1. The molecule has 0 aliphatic heterocycles. The van der Waals surface area contributed by atoms with Gasteiger partial charge in [0, 0.05) is 4.88 Å². The van der Waals surface area contributed by atoms with Gasteiger partial charge in [-0.2, -0.15) is 0 Å². The molecule has 0 radical (unpaired) electrons. The van der Waals surface area contributed by atoms with Crippen LogP contribution in [0.3, 0.4) is 0 Å². The van der Waals surface area contributed by atoms with Gasteiger partial charge in [-0.15, -0.1) is 11.3 Å². The van der Waals surface area contributed by atoms with Gasteiger partial charge in [-0.3, -0.25) is 0 Å². The Balaban J connectivity index is 2.14. The molecule has 1 unspecified atom stereocenters. The highest BCUT2D eigenvalue weighted by atomic mass is 32.1. The van der Waals surface area contributed by atoms with Crippen LogP contribution in [0.15, 0.2) is 18.2 Å². The summed E-state index contributed by atoms with van der Waals surface area (Å²) in [5.74, 6) is -0.153. The zero-order chi connectivity index (χ0) is 14.3. The van der Waals surface area contributed by atoms with Crippen molar-refractivity contribution >= 4 is 11.3 Å². The molecule has 2 aromatic rings. The first-order valence-corrected chi connectivity index (χ1v) is 7.87. The molecular formula is C16H19FN2S. The summed E-state index contributed by atoms with van der Waals surface area (Å²) in [4.78, 5) is 6.12. The van der Waals surface area contributed by atoms with E-state index in [1.54, 1.807) is 23.5 Å². The number of aromatic nitrogens is 1. The largest absolute Gasteiger partial charge is 0.305 e. The molecule has 0 fully saturated rings. The van der Waals surface area contributed by atoms with Crippen molar-refractivity contribution in [2.45, 2.75) is 38.6 Å². The van der Waals surface area contributed by atoms with E-state index in [0.717, 1.165) is 29.8 Å². The average Bonchev–Trinajstić information content (AvgIpc) is 2.99. The molecule has 2 nitrogen and oxygen atoms in total. The number of fused-ring (bicyclic) bond motifs is 1. The summed E-state index contributed by atoms with van der Waals surface area (Å²) in [7, 11) is 1.97. The Morgan fingerprint density at radius 3 is 2.90 bits per heavy atom. The molecule has 1 aliphatic carbocycles. The molecule has 3 rings (SSSR count). The van der Waals surface area contributed by atoms with E-state index in [4.69, 9.17) is 4.98 Å². The minimum absolute atomic E-state index is 0.153. The first-order chi connectivity index (χ1) is 9.60. The fourth-order valence-corrected chi connectivity index (χ4v) is 4.41. The van der Waals surface area contributed by atoms with Gasteiger partial charge in [0.05, 0.1) is 11.2 Å². The van der Waals surface area contributed by atoms with Gasteiger partial charge in [-0.1, -0.05) is 13.0 Å². The third-order valence-corrected chi connectivity index (χ3v) is 5.49. The van der Waals surface area contributed by atoms with Crippen molar-refractivity contribution in [1.82, 2.24) is 10.3 Å². The minimum atomic E-state index is -0.244. The zero-order valence-corrected chi connectivity index (χ0v) is 12.9. The molecule has 106 valence electrons. The second-order valence-electron chi connectivity index (χ2n) is 5.33. The number of rotatable bonds is 3. The van der Waals surface area contributed by atoms with E-state index in [9.17, 15) is 4.39 Å². The maximum Gasteiger partial charge on any atom is 0.123 e. The molecule has 0 spiro atoms. The van der Waals surface area contributed by atoms with Gasteiger partial charge in [0.15, 0.2) is 0 Å². The third-order valence-electron chi connectivity index (χ3n) is 4.32. The molecule has 0 bridgehead atoms. The van der Waals surface area contributed by atoms with Gasteiger partial charge in [0.1, 0.15) is 10.8 Å². The van der Waals surface area contributed by atoms with Crippen molar-refractivity contribution in [2.24, 2.45) is 0 Å². The van der Waals surface area contributed by atoms with Crippen molar-refractivity contribution < 1.29 is 4.39 Å². The van der Waals surface area contributed by atoms with Gasteiger partial charge in [0.25, 0.3) is 0 Å². The first-order valence-electron chi connectivity index (χ1n) is 7.05. The van der Waals surface area contributed by atoms with Crippen LogP contribution < -0.4 is 5.32 Å². The first kappa shape index (κ1) is 13.7. The summed E-state index contributed by atoms with van der Waals surface area (Å²) in [5.41, 5.74) is 3.21. The smallest absolute Gasteiger partial charge is 0.123 e. The minimum Gasteiger partial charge on any atom is -0.305 e. The molecule has 1 aromatic heterocycles. The molecule has 1 heterocycles. The Bertz CT molecular complexity index is 650. The van der Waals surface area contributed by atoms with Gasteiger partial charge in [-0.25, -0.2) is 9.37 Å². The van der Waals surface area contributed by atoms with Crippen molar-refractivity contribution in [3.8, 4) is 0 Å². The molecule has 1 N–H and O–H groups in total. The molecule has 0 amide bonds. The molecule has 0 saturated carbocycles. The highest BCUT2D eigenvalue weighted by Gasteiger charge is 2.41. The van der Waals surface area contributed by atoms with Crippen molar-refractivity contribution in [2.75, 3.05) is 7.05 Å². The Labute approximate surface area is 123 Å². The van der Waals surface area contributed by atoms with Crippen LogP contribution in [0, 0.1) is 12.7 Å². The average molecular weight is 290 g/mol. The number of aryl methyl sites for hydroxylation is 3. The number of hydrogen-bond acceptors (Lipinski definition) is 3. The number of thiazole rings is 1. The lowest BCUT2D eigenvalue weighted by atomic mass is 9.92. The van der Waals surface area contributed by atoms with E-state index < -0.39 is 0 Å². The molecule has 20 heavy (non-hydrogen) atoms. The highest BCUT2D eigenvalue weighted by molar-refractivity contribution is 7.11. The fraction of sp³-hybridized carbons (Fsp3) is 0.438. The van der Waals surface area contributed by atoms with Crippen molar-refractivity contribution in [3.05, 3.63) is 50.7 Å². The molecule has 1 aliphatic rings. The second-order valence-corrected chi connectivity index (χ2v) is 6.54. The second kappa shape index (κ2) is 4.93. The van der Waals surface area contributed by atoms with Crippen LogP contribution >= 0.6 is 11.3 Å². The van der Waals surface area contributed by atoms with E-state index in [-0.39, 0.29) is 11.4 Å². The summed E-state index contributed by atoms with van der Waals surface area (Å²) < 4.78 is 13.4. The van der Waals surface area contributed by atoms with Crippen LogP contribution in [-0.4, -0.2) is 12.0 Å². The van der Waals surface area contributed by atoms with E-state index >= 15 is 0 Å². The summed E-state index contributed by atoms with van der Waals surface area (Å²) in [6, 6.07) is 5.13. The number of nitrogens with one attached hydrogen (secondary N) is 1. The molecule has 0 saturated heterocycles. The molecule has 4 heteroatoms. The van der Waals surface area contributed by atoms with Gasteiger partial charge >= 0.3 is 0 Å². The van der Waals surface area contributed by atoms with Crippen LogP contribution in [-0.2, 0) is 18.4 Å². The monoisotopic (exact) mass is 290 g/mol. The predicted octanol–water partition coefficient (Wildman–Crippen LogP) is 3.56. The molecule has 1 atom stereocenters. The predicted molar refractivity (Wildman–Crippen MR) is 80.8 cm³/mol. The Morgan fingerprint density at radius 1 is 1.45 bits per heavy atom. The lowest BCUT2D eigenvalue weighted by molar-refractivity contribution is 0.433. The lowest BCUT2D eigenvalue weighted by Crippen LogP contribution is -2.39. The summed E-state index contributed by atoms with van der Waals surface area (Å²) in [5, 5.41) is 4.57. The summed E-state index contributed by atoms with van der Waals surface area (Å²) >= 11 is 1.76.